The molecule has 0 aliphatic carbocycles. The Labute approximate surface area is 109 Å². The third-order valence-corrected chi connectivity index (χ3v) is 2.78. The van der Waals surface area contributed by atoms with E-state index in [0.29, 0.717) is 13.2 Å². The second kappa shape index (κ2) is 8.08. The molecular formula is C14H23NO3. The molecule has 2 unspecified atom stereocenters. The van der Waals surface area contributed by atoms with E-state index in [2.05, 4.69) is 5.32 Å². The fourth-order valence-electron chi connectivity index (χ4n) is 1.72. The molecule has 102 valence electrons. The molecule has 18 heavy (non-hydrogen) atoms. The summed E-state index contributed by atoms with van der Waals surface area (Å²) in [6.07, 6.45) is -0.530. The standard InChI is InChI=1S/C14H23NO3/c1-4-18-13-7-5-12(6-8-13)14(16)11(2)15-9-10-17-3/h5-8,11,14-16H,4,9-10H2,1-3H3. The zero-order chi connectivity index (χ0) is 13.4. The zero-order valence-electron chi connectivity index (χ0n) is 11.3. The largest absolute Gasteiger partial charge is 0.494 e. The molecule has 0 fully saturated rings. The maximum Gasteiger partial charge on any atom is 0.119 e. The van der Waals surface area contributed by atoms with Crippen LogP contribution in [0.3, 0.4) is 0 Å². The van der Waals surface area contributed by atoms with E-state index in [-0.39, 0.29) is 6.04 Å². The van der Waals surface area contributed by atoms with E-state index < -0.39 is 6.10 Å². The first-order valence-corrected chi connectivity index (χ1v) is 6.32. The maximum atomic E-state index is 10.2. The Hall–Kier alpha value is -1.10. The fourth-order valence-corrected chi connectivity index (χ4v) is 1.72. The van der Waals surface area contributed by atoms with Gasteiger partial charge in [-0.3, -0.25) is 0 Å². The molecule has 0 saturated heterocycles. The molecule has 1 rings (SSSR count). The lowest BCUT2D eigenvalue weighted by atomic mass is 10.0. The van der Waals surface area contributed by atoms with Gasteiger partial charge in [-0.25, -0.2) is 0 Å². The van der Waals surface area contributed by atoms with Crippen LogP contribution in [0.4, 0.5) is 0 Å². The molecule has 0 saturated carbocycles. The van der Waals surface area contributed by atoms with Crippen LogP contribution in [0.1, 0.15) is 25.5 Å². The summed E-state index contributed by atoms with van der Waals surface area (Å²) in [5, 5.41) is 13.4. The van der Waals surface area contributed by atoms with E-state index >= 15 is 0 Å². The van der Waals surface area contributed by atoms with Gasteiger partial charge in [0.1, 0.15) is 5.75 Å². The summed E-state index contributed by atoms with van der Waals surface area (Å²) in [6.45, 7) is 5.92. The van der Waals surface area contributed by atoms with Crippen LogP contribution >= 0.6 is 0 Å². The number of hydrogen-bond acceptors (Lipinski definition) is 4. The highest BCUT2D eigenvalue weighted by Gasteiger charge is 2.15. The van der Waals surface area contributed by atoms with Gasteiger partial charge in [0.05, 0.1) is 19.3 Å². The van der Waals surface area contributed by atoms with Gasteiger partial charge in [0.25, 0.3) is 0 Å². The SMILES string of the molecule is CCOc1ccc(C(O)C(C)NCCOC)cc1. The summed E-state index contributed by atoms with van der Waals surface area (Å²) >= 11 is 0. The average molecular weight is 253 g/mol. The molecule has 0 amide bonds. The van der Waals surface area contributed by atoms with Gasteiger partial charge in [0.2, 0.25) is 0 Å². The normalized spacial score (nSPS) is 14.2. The number of nitrogens with one attached hydrogen (secondary N) is 1. The summed E-state index contributed by atoms with van der Waals surface area (Å²) in [7, 11) is 1.66. The molecule has 0 aliphatic heterocycles. The van der Waals surface area contributed by atoms with Crippen LogP contribution in [0, 0.1) is 0 Å². The van der Waals surface area contributed by atoms with Crippen molar-refractivity contribution in [3.05, 3.63) is 29.8 Å². The number of rotatable bonds is 8. The lowest BCUT2D eigenvalue weighted by Crippen LogP contribution is -2.34. The molecule has 4 heteroatoms. The van der Waals surface area contributed by atoms with E-state index in [4.69, 9.17) is 9.47 Å². The van der Waals surface area contributed by atoms with Crippen LogP contribution in [0.15, 0.2) is 24.3 Å². The lowest BCUT2D eigenvalue weighted by Gasteiger charge is -2.20. The van der Waals surface area contributed by atoms with E-state index in [1.165, 1.54) is 0 Å². The summed E-state index contributed by atoms with van der Waals surface area (Å²) in [6, 6.07) is 7.53. The molecule has 1 aromatic rings. The highest BCUT2D eigenvalue weighted by Crippen LogP contribution is 2.20. The van der Waals surface area contributed by atoms with Gasteiger partial charge in [-0.2, -0.15) is 0 Å². The lowest BCUT2D eigenvalue weighted by molar-refractivity contribution is 0.126. The topological polar surface area (TPSA) is 50.7 Å². The quantitative estimate of drug-likeness (QED) is 0.693. The number of methoxy groups -OCH3 is 1. The van der Waals surface area contributed by atoms with E-state index in [1.54, 1.807) is 7.11 Å². The van der Waals surface area contributed by atoms with Crippen molar-refractivity contribution < 1.29 is 14.6 Å². The second-order valence-corrected chi connectivity index (χ2v) is 4.18. The van der Waals surface area contributed by atoms with Crippen molar-refractivity contribution >= 4 is 0 Å². The minimum absolute atomic E-state index is 0.0157. The van der Waals surface area contributed by atoms with Crippen LogP contribution < -0.4 is 10.1 Å². The van der Waals surface area contributed by atoms with Crippen molar-refractivity contribution in [1.29, 1.82) is 0 Å². The smallest absolute Gasteiger partial charge is 0.119 e. The van der Waals surface area contributed by atoms with Crippen LogP contribution in [0.5, 0.6) is 5.75 Å². The Morgan fingerprint density at radius 1 is 1.28 bits per heavy atom. The highest BCUT2D eigenvalue weighted by molar-refractivity contribution is 5.29. The van der Waals surface area contributed by atoms with Crippen LogP contribution in [-0.2, 0) is 4.74 Å². The van der Waals surface area contributed by atoms with Crippen molar-refractivity contribution in [3.63, 3.8) is 0 Å². The summed E-state index contributed by atoms with van der Waals surface area (Å²) in [5.41, 5.74) is 0.885. The number of aliphatic hydroxyl groups excluding tert-OH is 1. The molecular weight excluding hydrogens is 230 g/mol. The number of aliphatic hydroxyl groups is 1. The van der Waals surface area contributed by atoms with Crippen molar-refractivity contribution in [3.8, 4) is 5.75 Å². The first-order chi connectivity index (χ1) is 8.69. The van der Waals surface area contributed by atoms with E-state index in [1.807, 2.05) is 38.1 Å². The van der Waals surface area contributed by atoms with Crippen molar-refractivity contribution in [2.75, 3.05) is 26.9 Å². The second-order valence-electron chi connectivity index (χ2n) is 4.18. The molecule has 0 spiro atoms. The maximum absolute atomic E-state index is 10.2. The third kappa shape index (κ3) is 4.64. The van der Waals surface area contributed by atoms with Crippen LogP contribution in [0.2, 0.25) is 0 Å². The minimum atomic E-state index is -0.530. The first kappa shape index (κ1) is 15.0. The van der Waals surface area contributed by atoms with Crippen LogP contribution in [0.25, 0.3) is 0 Å². The summed E-state index contributed by atoms with van der Waals surface area (Å²) in [5.74, 6) is 0.827. The molecule has 1 aromatic carbocycles. The Kier molecular flexibility index (Phi) is 6.72. The fraction of sp³-hybridized carbons (Fsp3) is 0.571. The van der Waals surface area contributed by atoms with Crippen LogP contribution in [-0.4, -0.2) is 38.0 Å². The zero-order valence-corrected chi connectivity index (χ0v) is 11.3. The van der Waals surface area contributed by atoms with E-state index in [9.17, 15) is 5.11 Å². The van der Waals surface area contributed by atoms with Gasteiger partial charge in [-0.15, -0.1) is 0 Å². The Balaban J connectivity index is 2.51. The number of ether oxygens (including phenoxy) is 2. The Morgan fingerprint density at radius 2 is 1.94 bits per heavy atom. The number of hydrogen-bond donors (Lipinski definition) is 2. The molecule has 0 heterocycles. The van der Waals surface area contributed by atoms with Gasteiger partial charge < -0.3 is 19.9 Å². The molecule has 2 N–H and O–H groups in total. The van der Waals surface area contributed by atoms with Gasteiger partial charge >= 0.3 is 0 Å². The Bertz CT molecular complexity index is 326. The molecule has 0 aliphatic rings. The highest BCUT2D eigenvalue weighted by atomic mass is 16.5. The van der Waals surface area contributed by atoms with Gasteiger partial charge in [-0.05, 0) is 31.5 Å². The third-order valence-electron chi connectivity index (χ3n) is 2.78. The molecule has 4 nitrogen and oxygen atoms in total. The molecule has 0 bridgehead atoms. The predicted molar refractivity (Wildman–Crippen MR) is 71.9 cm³/mol. The molecule has 0 aromatic heterocycles. The molecule has 0 radical (unpaired) electrons. The van der Waals surface area contributed by atoms with E-state index in [0.717, 1.165) is 17.9 Å². The predicted octanol–water partition coefficient (Wildman–Crippen LogP) is 1.74. The van der Waals surface area contributed by atoms with Crippen molar-refractivity contribution in [1.82, 2.24) is 5.32 Å². The van der Waals surface area contributed by atoms with Gasteiger partial charge in [0.15, 0.2) is 0 Å². The number of benzene rings is 1. The Morgan fingerprint density at radius 3 is 2.50 bits per heavy atom. The average Bonchev–Trinajstić information content (AvgIpc) is 2.39. The van der Waals surface area contributed by atoms with Crippen molar-refractivity contribution in [2.45, 2.75) is 26.0 Å². The van der Waals surface area contributed by atoms with Gasteiger partial charge in [0, 0.05) is 19.7 Å². The summed E-state index contributed by atoms with van der Waals surface area (Å²) in [4.78, 5) is 0. The monoisotopic (exact) mass is 253 g/mol. The molecule has 2 atom stereocenters. The van der Waals surface area contributed by atoms with Crippen molar-refractivity contribution in [2.24, 2.45) is 0 Å². The minimum Gasteiger partial charge on any atom is -0.494 e. The summed E-state index contributed by atoms with van der Waals surface area (Å²) < 4.78 is 10.3. The van der Waals surface area contributed by atoms with Gasteiger partial charge in [-0.1, -0.05) is 12.1 Å². The first-order valence-electron chi connectivity index (χ1n) is 6.32.